The summed E-state index contributed by atoms with van der Waals surface area (Å²) in [5.41, 5.74) is 1.10. The van der Waals surface area contributed by atoms with Crippen LogP contribution >= 0.6 is 0 Å². The van der Waals surface area contributed by atoms with Gasteiger partial charge in [-0.1, -0.05) is 12.1 Å². The molecule has 0 aliphatic rings. The number of aryl methyl sites for hydroxylation is 1. The van der Waals surface area contributed by atoms with E-state index in [0.29, 0.717) is 11.3 Å². The first kappa shape index (κ1) is 19.8. The van der Waals surface area contributed by atoms with Gasteiger partial charge in [0.05, 0.1) is 11.9 Å². The molecule has 2 aromatic carbocycles. The molecule has 1 atom stereocenters. The van der Waals surface area contributed by atoms with Crippen molar-refractivity contribution < 1.29 is 22.0 Å². The van der Waals surface area contributed by atoms with E-state index in [1.54, 1.807) is 26.0 Å². The van der Waals surface area contributed by atoms with Crippen molar-refractivity contribution in [1.29, 1.82) is 0 Å². The molecule has 0 fully saturated rings. The molecular formula is C18H20F2N2O3S. The highest BCUT2D eigenvalue weighted by atomic mass is 32.2. The lowest BCUT2D eigenvalue weighted by Crippen LogP contribution is -2.34. The van der Waals surface area contributed by atoms with Crippen molar-refractivity contribution in [2.24, 2.45) is 0 Å². The van der Waals surface area contributed by atoms with E-state index in [1.807, 2.05) is 0 Å². The molecule has 0 spiro atoms. The first-order valence-electron chi connectivity index (χ1n) is 7.89. The largest absolute Gasteiger partial charge is 0.349 e. The molecule has 2 aromatic rings. The van der Waals surface area contributed by atoms with E-state index >= 15 is 0 Å². The highest BCUT2D eigenvalue weighted by Gasteiger charge is 2.16. The van der Waals surface area contributed by atoms with Crippen LogP contribution in [0.1, 0.15) is 28.4 Å². The maximum Gasteiger partial charge on any atom is 0.251 e. The Labute approximate surface area is 151 Å². The van der Waals surface area contributed by atoms with E-state index < -0.39 is 33.6 Å². The molecule has 0 heterocycles. The summed E-state index contributed by atoms with van der Waals surface area (Å²) in [5, 5.41) is 2.66. The Hall–Kier alpha value is -2.48. The smallest absolute Gasteiger partial charge is 0.251 e. The van der Waals surface area contributed by atoms with E-state index in [9.17, 15) is 22.0 Å². The number of benzene rings is 2. The summed E-state index contributed by atoms with van der Waals surface area (Å²) in [6.45, 7) is 3.34. The molecule has 8 heteroatoms. The molecule has 26 heavy (non-hydrogen) atoms. The van der Waals surface area contributed by atoms with Crippen molar-refractivity contribution in [3.8, 4) is 0 Å². The second-order valence-electron chi connectivity index (χ2n) is 6.18. The van der Waals surface area contributed by atoms with Crippen molar-refractivity contribution in [3.63, 3.8) is 0 Å². The topological polar surface area (TPSA) is 75.3 Å². The molecule has 0 radical (unpaired) electrons. The van der Waals surface area contributed by atoms with Gasteiger partial charge >= 0.3 is 0 Å². The maximum absolute atomic E-state index is 13.7. The van der Waals surface area contributed by atoms with Gasteiger partial charge in [0.1, 0.15) is 11.6 Å². The first-order chi connectivity index (χ1) is 12.1. The zero-order valence-electron chi connectivity index (χ0n) is 14.6. The number of carbonyl (C=O) groups is 1. The third-order valence-corrected chi connectivity index (χ3v) is 4.34. The Bertz CT molecular complexity index is 910. The molecule has 0 aromatic heterocycles. The summed E-state index contributed by atoms with van der Waals surface area (Å²) >= 11 is 0. The predicted molar refractivity (Wildman–Crippen MR) is 96.6 cm³/mol. The van der Waals surface area contributed by atoms with Crippen LogP contribution in [0.3, 0.4) is 0 Å². The minimum atomic E-state index is -3.48. The molecule has 1 amide bonds. The molecule has 0 saturated carbocycles. The Kier molecular flexibility index (Phi) is 5.97. The van der Waals surface area contributed by atoms with Gasteiger partial charge in [0.2, 0.25) is 10.0 Å². The van der Waals surface area contributed by atoms with Crippen molar-refractivity contribution in [2.75, 3.05) is 11.0 Å². The minimum Gasteiger partial charge on any atom is -0.349 e. The Morgan fingerprint density at radius 2 is 1.77 bits per heavy atom. The van der Waals surface area contributed by atoms with E-state index in [-0.39, 0.29) is 17.5 Å². The fourth-order valence-corrected chi connectivity index (χ4v) is 3.08. The molecular weight excluding hydrogens is 362 g/mol. The minimum absolute atomic E-state index is 0.00937. The van der Waals surface area contributed by atoms with E-state index in [4.69, 9.17) is 0 Å². The van der Waals surface area contributed by atoms with Gasteiger partial charge in [-0.3, -0.25) is 9.52 Å². The Balaban J connectivity index is 2.13. The van der Waals surface area contributed by atoms with Gasteiger partial charge in [-0.25, -0.2) is 17.2 Å². The van der Waals surface area contributed by atoms with Crippen molar-refractivity contribution in [1.82, 2.24) is 5.32 Å². The molecule has 2 rings (SSSR count). The average Bonchev–Trinajstić information content (AvgIpc) is 2.52. The number of sulfonamides is 1. The van der Waals surface area contributed by atoms with Gasteiger partial charge in [-0.05, 0) is 50.1 Å². The van der Waals surface area contributed by atoms with Crippen LogP contribution in [0, 0.1) is 18.6 Å². The predicted octanol–water partition coefficient (Wildman–Crippen LogP) is 3.01. The second-order valence-corrected chi connectivity index (χ2v) is 7.93. The van der Waals surface area contributed by atoms with Crippen LogP contribution in [-0.4, -0.2) is 26.6 Å². The van der Waals surface area contributed by atoms with Crippen LogP contribution in [0.5, 0.6) is 0 Å². The number of hydrogen-bond donors (Lipinski definition) is 2. The summed E-state index contributed by atoms with van der Waals surface area (Å²) in [4.78, 5) is 12.4. The van der Waals surface area contributed by atoms with Gasteiger partial charge in [0.15, 0.2) is 0 Å². The van der Waals surface area contributed by atoms with Gasteiger partial charge in [-0.15, -0.1) is 0 Å². The highest BCUT2D eigenvalue weighted by Crippen LogP contribution is 2.19. The fraction of sp³-hybridized carbons (Fsp3) is 0.278. The number of rotatable bonds is 6. The van der Waals surface area contributed by atoms with Crippen LogP contribution < -0.4 is 10.0 Å². The van der Waals surface area contributed by atoms with Crippen LogP contribution in [0.15, 0.2) is 36.4 Å². The number of halogens is 2. The summed E-state index contributed by atoms with van der Waals surface area (Å²) < 4.78 is 52.6. The normalized spacial score (nSPS) is 12.5. The lowest BCUT2D eigenvalue weighted by Gasteiger charge is -2.16. The van der Waals surface area contributed by atoms with Crippen molar-refractivity contribution >= 4 is 21.6 Å². The van der Waals surface area contributed by atoms with Crippen LogP contribution in [0.4, 0.5) is 14.5 Å². The summed E-state index contributed by atoms with van der Waals surface area (Å²) in [5.74, 6) is -1.80. The third-order valence-electron chi connectivity index (χ3n) is 3.74. The molecule has 140 valence electrons. The molecule has 5 nitrogen and oxygen atoms in total. The quantitative estimate of drug-likeness (QED) is 0.806. The zero-order valence-corrected chi connectivity index (χ0v) is 15.5. The molecule has 2 N–H and O–H groups in total. The SMILES string of the molecule is Cc1ccc(C(=O)N[C@@H](C)Cc2c(F)cccc2F)cc1NS(C)(=O)=O. The van der Waals surface area contributed by atoms with E-state index in [0.717, 1.165) is 18.4 Å². The maximum atomic E-state index is 13.7. The van der Waals surface area contributed by atoms with Crippen molar-refractivity contribution in [3.05, 3.63) is 64.7 Å². The number of carbonyl (C=O) groups excluding carboxylic acids is 1. The lowest BCUT2D eigenvalue weighted by molar-refractivity contribution is 0.0939. The number of nitrogens with one attached hydrogen (secondary N) is 2. The highest BCUT2D eigenvalue weighted by molar-refractivity contribution is 7.92. The monoisotopic (exact) mass is 382 g/mol. The zero-order chi connectivity index (χ0) is 19.5. The average molecular weight is 382 g/mol. The van der Waals surface area contributed by atoms with Crippen LogP contribution in [0.2, 0.25) is 0 Å². The molecule has 0 bridgehead atoms. The van der Waals surface area contributed by atoms with Gasteiger partial charge in [-0.2, -0.15) is 0 Å². The number of amides is 1. The third kappa shape index (κ3) is 5.26. The van der Waals surface area contributed by atoms with Crippen molar-refractivity contribution in [2.45, 2.75) is 26.3 Å². The summed E-state index contributed by atoms with van der Waals surface area (Å²) in [6.07, 6.45) is 1.01. The summed E-state index contributed by atoms with van der Waals surface area (Å²) in [7, 11) is -3.48. The molecule has 0 aliphatic carbocycles. The fourth-order valence-electron chi connectivity index (χ4n) is 2.46. The van der Waals surface area contributed by atoms with Crippen LogP contribution in [0.25, 0.3) is 0 Å². The number of hydrogen-bond acceptors (Lipinski definition) is 3. The van der Waals surface area contributed by atoms with Crippen LogP contribution in [-0.2, 0) is 16.4 Å². The second kappa shape index (κ2) is 7.82. The number of anilines is 1. The molecule has 0 aliphatic heterocycles. The van der Waals surface area contributed by atoms with E-state index in [2.05, 4.69) is 10.0 Å². The van der Waals surface area contributed by atoms with Gasteiger partial charge in [0.25, 0.3) is 5.91 Å². The summed E-state index contributed by atoms with van der Waals surface area (Å²) in [6, 6.07) is 7.66. The lowest BCUT2D eigenvalue weighted by atomic mass is 10.0. The molecule has 0 unspecified atom stereocenters. The van der Waals surface area contributed by atoms with Gasteiger partial charge in [0, 0.05) is 17.2 Å². The Morgan fingerprint density at radius 1 is 1.15 bits per heavy atom. The van der Waals surface area contributed by atoms with E-state index in [1.165, 1.54) is 12.1 Å². The molecule has 0 saturated heterocycles. The standard InChI is InChI=1S/C18H20F2N2O3S/c1-11-7-8-13(10-17(11)22-26(3,24)25)18(23)21-12(2)9-14-15(19)5-4-6-16(14)20/h4-8,10,12,22H,9H2,1-3H3,(H,21,23)/t12-/m0/s1. The Morgan fingerprint density at radius 3 is 2.35 bits per heavy atom. The van der Waals surface area contributed by atoms with Gasteiger partial charge < -0.3 is 5.32 Å². The first-order valence-corrected chi connectivity index (χ1v) is 9.78.